The van der Waals surface area contributed by atoms with Crippen LogP contribution in [-0.4, -0.2) is 22.1 Å². The molecule has 0 N–H and O–H groups in total. The number of thiophene rings is 1. The molecular weight excluding hydrogens is 336 g/mol. The van der Waals surface area contributed by atoms with Crippen LogP contribution in [0, 0.1) is 5.92 Å². The fourth-order valence-corrected chi connectivity index (χ4v) is 3.44. The van der Waals surface area contributed by atoms with Crippen LogP contribution in [-0.2, 0) is 9.53 Å². The average Bonchev–Trinajstić information content (AvgIpc) is 3.05. The normalized spacial score (nSPS) is 12.5. The van der Waals surface area contributed by atoms with Gasteiger partial charge in [-0.1, -0.05) is 44.2 Å². The number of hydrogen-bond acceptors (Lipinski definition) is 5. The monoisotopic (exact) mass is 356 g/mol. The molecule has 0 aliphatic rings. The summed E-state index contributed by atoms with van der Waals surface area (Å²) < 4.78 is 6.58. The van der Waals surface area contributed by atoms with Gasteiger partial charge in [0.05, 0.1) is 18.3 Å². The third kappa shape index (κ3) is 3.64. The van der Waals surface area contributed by atoms with Crippen molar-refractivity contribution in [3.8, 4) is 10.4 Å². The average molecular weight is 356 g/mol. The maximum absolute atomic E-state index is 12.8. The fourth-order valence-electron chi connectivity index (χ4n) is 2.44. The molecule has 2 heterocycles. The van der Waals surface area contributed by atoms with Crippen LogP contribution >= 0.6 is 11.3 Å². The van der Waals surface area contributed by atoms with E-state index in [1.807, 2.05) is 50.2 Å². The molecule has 0 saturated carbocycles. The van der Waals surface area contributed by atoms with E-state index in [0.29, 0.717) is 16.8 Å². The number of nitrogens with zero attached hydrogens (tertiary/aromatic N) is 2. The minimum atomic E-state index is -0.705. The van der Waals surface area contributed by atoms with Gasteiger partial charge in [0.25, 0.3) is 5.56 Å². The van der Waals surface area contributed by atoms with Gasteiger partial charge in [0.2, 0.25) is 0 Å². The molecule has 3 rings (SSSR count). The first kappa shape index (κ1) is 17.4. The van der Waals surface area contributed by atoms with Gasteiger partial charge >= 0.3 is 5.97 Å². The first-order valence-corrected chi connectivity index (χ1v) is 9.01. The molecule has 0 aliphatic carbocycles. The van der Waals surface area contributed by atoms with Gasteiger partial charge in [-0.15, -0.1) is 11.3 Å². The van der Waals surface area contributed by atoms with Gasteiger partial charge in [0.15, 0.2) is 0 Å². The Morgan fingerprint density at radius 3 is 2.64 bits per heavy atom. The van der Waals surface area contributed by atoms with E-state index in [1.165, 1.54) is 22.2 Å². The molecular formula is C19H20N2O3S. The van der Waals surface area contributed by atoms with E-state index in [9.17, 15) is 9.59 Å². The molecule has 0 bridgehead atoms. The summed E-state index contributed by atoms with van der Waals surface area (Å²) in [6, 6.07) is 11.0. The number of benzene rings is 1. The van der Waals surface area contributed by atoms with Crippen LogP contribution < -0.4 is 5.56 Å². The first-order valence-electron chi connectivity index (χ1n) is 8.20. The van der Waals surface area contributed by atoms with E-state index in [0.717, 1.165) is 10.4 Å². The number of aromatic nitrogens is 2. The zero-order chi connectivity index (χ0) is 18.0. The van der Waals surface area contributed by atoms with Crippen molar-refractivity contribution in [1.82, 2.24) is 9.55 Å². The smallest absolute Gasteiger partial charge is 0.329 e. The van der Waals surface area contributed by atoms with Crippen LogP contribution in [0.2, 0.25) is 0 Å². The Bertz CT molecular complexity index is 944. The van der Waals surface area contributed by atoms with E-state index in [1.54, 1.807) is 6.92 Å². The molecule has 1 atom stereocenters. The predicted molar refractivity (Wildman–Crippen MR) is 99.8 cm³/mol. The Balaban J connectivity index is 1.95. The number of rotatable bonds is 5. The van der Waals surface area contributed by atoms with Gasteiger partial charge in [-0.25, -0.2) is 9.78 Å². The summed E-state index contributed by atoms with van der Waals surface area (Å²) in [5, 5.41) is 0.523. The standard InChI is InChI=1S/C19H20N2O3S/c1-12(2)10-24-19(23)13(3)21-11-20-17-15(18(21)22)9-16(25-17)14-7-5-4-6-8-14/h4-9,11-13H,10H2,1-3H3/t13-/m0/s1. The maximum atomic E-state index is 12.8. The summed E-state index contributed by atoms with van der Waals surface area (Å²) in [4.78, 5) is 30.9. The molecule has 0 spiro atoms. The van der Waals surface area contributed by atoms with Gasteiger partial charge in [0, 0.05) is 4.88 Å². The first-order chi connectivity index (χ1) is 12.0. The number of carbonyl (C=O) groups is 1. The molecule has 0 fully saturated rings. The lowest BCUT2D eigenvalue weighted by atomic mass is 10.2. The summed E-state index contributed by atoms with van der Waals surface area (Å²) >= 11 is 1.47. The molecule has 2 aromatic heterocycles. The summed E-state index contributed by atoms with van der Waals surface area (Å²) in [7, 11) is 0. The van der Waals surface area contributed by atoms with Crippen molar-refractivity contribution in [2.75, 3.05) is 6.61 Å². The van der Waals surface area contributed by atoms with Gasteiger partial charge in [0.1, 0.15) is 10.9 Å². The largest absolute Gasteiger partial charge is 0.464 e. The van der Waals surface area contributed by atoms with Crippen LogP contribution in [0.5, 0.6) is 0 Å². The second kappa shape index (κ2) is 7.19. The van der Waals surface area contributed by atoms with Crippen molar-refractivity contribution in [1.29, 1.82) is 0 Å². The van der Waals surface area contributed by atoms with Crippen molar-refractivity contribution in [3.63, 3.8) is 0 Å². The van der Waals surface area contributed by atoms with Gasteiger partial charge in [-0.3, -0.25) is 9.36 Å². The zero-order valence-electron chi connectivity index (χ0n) is 14.4. The zero-order valence-corrected chi connectivity index (χ0v) is 15.2. The summed E-state index contributed by atoms with van der Waals surface area (Å²) in [5.41, 5.74) is 0.818. The van der Waals surface area contributed by atoms with Gasteiger partial charge < -0.3 is 4.74 Å². The summed E-state index contributed by atoms with van der Waals surface area (Å²) in [6.45, 7) is 5.93. The molecule has 1 aromatic carbocycles. The van der Waals surface area contributed by atoms with Crippen molar-refractivity contribution in [3.05, 3.63) is 53.1 Å². The second-order valence-electron chi connectivity index (χ2n) is 6.35. The van der Waals surface area contributed by atoms with Crippen LogP contribution in [0.15, 0.2) is 47.5 Å². The Hall–Kier alpha value is -2.47. The molecule has 3 aromatic rings. The van der Waals surface area contributed by atoms with Crippen LogP contribution in [0.1, 0.15) is 26.8 Å². The highest BCUT2D eigenvalue weighted by molar-refractivity contribution is 7.21. The highest BCUT2D eigenvalue weighted by Crippen LogP contribution is 2.30. The van der Waals surface area contributed by atoms with Crippen molar-refractivity contribution in [2.45, 2.75) is 26.8 Å². The molecule has 25 heavy (non-hydrogen) atoms. The molecule has 6 heteroatoms. The number of fused-ring (bicyclic) bond motifs is 1. The van der Waals surface area contributed by atoms with E-state index >= 15 is 0 Å². The Kier molecular flexibility index (Phi) is 4.99. The maximum Gasteiger partial charge on any atom is 0.329 e. The van der Waals surface area contributed by atoms with E-state index in [2.05, 4.69) is 4.98 Å². The molecule has 0 radical (unpaired) electrons. The minimum absolute atomic E-state index is 0.225. The van der Waals surface area contributed by atoms with Crippen molar-refractivity contribution >= 4 is 27.5 Å². The number of hydrogen-bond donors (Lipinski definition) is 0. The molecule has 0 saturated heterocycles. The molecule has 0 aliphatic heterocycles. The Morgan fingerprint density at radius 1 is 1.24 bits per heavy atom. The molecule has 5 nitrogen and oxygen atoms in total. The van der Waals surface area contributed by atoms with Gasteiger partial charge in [-0.2, -0.15) is 0 Å². The summed E-state index contributed by atoms with van der Waals surface area (Å²) in [6.07, 6.45) is 1.43. The predicted octanol–water partition coefficient (Wildman–Crippen LogP) is 3.89. The SMILES string of the molecule is CC(C)COC(=O)[C@H](C)n1cnc2sc(-c3ccccc3)cc2c1=O. The van der Waals surface area contributed by atoms with Crippen molar-refractivity contribution < 1.29 is 9.53 Å². The Labute approximate surface area is 149 Å². The van der Waals surface area contributed by atoms with Crippen LogP contribution in [0.25, 0.3) is 20.7 Å². The topological polar surface area (TPSA) is 61.2 Å². The van der Waals surface area contributed by atoms with E-state index < -0.39 is 12.0 Å². The minimum Gasteiger partial charge on any atom is -0.464 e. The number of esters is 1. The quantitative estimate of drug-likeness (QED) is 0.651. The molecule has 0 unspecified atom stereocenters. The number of ether oxygens (including phenoxy) is 1. The molecule has 130 valence electrons. The molecule has 0 amide bonds. The third-order valence-electron chi connectivity index (χ3n) is 3.85. The van der Waals surface area contributed by atoms with Crippen LogP contribution in [0.3, 0.4) is 0 Å². The Morgan fingerprint density at radius 2 is 1.96 bits per heavy atom. The second-order valence-corrected chi connectivity index (χ2v) is 7.38. The lowest BCUT2D eigenvalue weighted by molar-refractivity contribution is -0.148. The highest BCUT2D eigenvalue weighted by atomic mass is 32.1. The van der Waals surface area contributed by atoms with Crippen molar-refractivity contribution in [2.24, 2.45) is 5.92 Å². The lowest BCUT2D eigenvalue weighted by Crippen LogP contribution is -2.29. The summed E-state index contributed by atoms with van der Waals surface area (Å²) in [5.74, 6) is -0.172. The van der Waals surface area contributed by atoms with Gasteiger partial charge in [-0.05, 0) is 24.5 Å². The lowest BCUT2D eigenvalue weighted by Gasteiger charge is -2.14. The van der Waals surface area contributed by atoms with E-state index in [4.69, 9.17) is 4.74 Å². The highest BCUT2D eigenvalue weighted by Gasteiger charge is 2.20. The fraction of sp³-hybridized carbons (Fsp3) is 0.316. The van der Waals surface area contributed by atoms with E-state index in [-0.39, 0.29) is 11.5 Å². The van der Waals surface area contributed by atoms with Crippen LogP contribution in [0.4, 0.5) is 0 Å². The third-order valence-corrected chi connectivity index (χ3v) is 4.94. The number of carbonyl (C=O) groups excluding carboxylic acids is 1.